The zero-order valence-electron chi connectivity index (χ0n) is 16.8. The Morgan fingerprint density at radius 1 is 0.903 bits per heavy atom. The van der Waals surface area contributed by atoms with Crippen LogP contribution >= 0.6 is 23.4 Å². The van der Waals surface area contributed by atoms with Crippen LogP contribution in [0.5, 0.6) is 0 Å². The molecule has 2 amide bonds. The molecule has 1 saturated carbocycles. The molecule has 0 spiro atoms. The third kappa shape index (κ3) is 3.66. The number of amides is 2. The molecule has 0 saturated heterocycles. The Labute approximate surface area is 189 Å². The Kier molecular flexibility index (Phi) is 5.54. The summed E-state index contributed by atoms with van der Waals surface area (Å²) < 4.78 is 2.20. The third-order valence-corrected chi connectivity index (χ3v) is 7.15. The molecule has 0 bridgehead atoms. The predicted octanol–water partition coefficient (Wildman–Crippen LogP) is 5.10. The van der Waals surface area contributed by atoms with E-state index in [9.17, 15) is 9.59 Å². The van der Waals surface area contributed by atoms with Crippen LogP contribution in [0.3, 0.4) is 0 Å². The predicted molar refractivity (Wildman–Crippen MR) is 121 cm³/mol. The normalized spacial score (nSPS) is 16.4. The third-order valence-electron chi connectivity index (χ3n) is 5.89. The number of thioether (sulfide) groups is 1. The Morgan fingerprint density at radius 3 is 2.16 bits per heavy atom. The quantitative estimate of drug-likeness (QED) is 0.384. The van der Waals surface area contributed by atoms with Crippen molar-refractivity contribution in [1.29, 1.82) is 0 Å². The summed E-state index contributed by atoms with van der Waals surface area (Å²) in [5, 5.41) is 10.4. The van der Waals surface area contributed by atoms with Crippen molar-refractivity contribution in [1.82, 2.24) is 19.7 Å². The van der Waals surface area contributed by atoms with Gasteiger partial charge >= 0.3 is 0 Å². The van der Waals surface area contributed by atoms with E-state index in [2.05, 4.69) is 14.8 Å². The van der Waals surface area contributed by atoms with E-state index in [4.69, 9.17) is 11.6 Å². The SMILES string of the molecule is O=C1c2ccccc2C(=O)N1CCSc1nnc(-c2ccccc2Cl)n1C1CCCC1. The molecule has 5 rings (SSSR count). The summed E-state index contributed by atoms with van der Waals surface area (Å²) >= 11 is 7.97. The molecule has 1 fully saturated rings. The first-order chi connectivity index (χ1) is 15.1. The van der Waals surface area contributed by atoms with Gasteiger partial charge < -0.3 is 0 Å². The number of nitrogens with zero attached hydrogens (tertiary/aromatic N) is 4. The highest BCUT2D eigenvalue weighted by molar-refractivity contribution is 7.99. The van der Waals surface area contributed by atoms with Gasteiger partial charge in [-0.25, -0.2) is 0 Å². The minimum Gasteiger partial charge on any atom is -0.299 e. The maximum absolute atomic E-state index is 12.6. The number of halogens is 1. The fourth-order valence-corrected chi connectivity index (χ4v) is 5.51. The van der Waals surface area contributed by atoms with Crippen LogP contribution in [0, 0.1) is 0 Å². The van der Waals surface area contributed by atoms with Gasteiger partial charge in [-0.2, -0.15) is 0 Å². The van der Waals surface area contributed by atoms with Crippen molar-refractivity contribution in [2.24, 2.45) is 0 Å². The molecule has 158 valence electrons. The highest BCUT2D eigenvalue weighted by Gasteiger charge is 2.35. The number of hydrogen-bond donors (Lipinski definition) is 0. The first kappa shape index (κ1) is 20.3. The van der Waals surface area contributed by atoms with Crippen LogP contribution in [0.25, 0.3) is 11.4 Å². The van der Waals surface area contributed by atoms with E-state index < -0.39 is 0 Å². The molecule has 1 aliphatic carbocycles. The van der Waals surface area contributed by atoms with Crippen LogP contribution in [0.15, 0.2) is 53.7 Å². The van der Waals surface area contributed by atoms with Crippen LogP contribution < -0.4 is 0 Å². The number of carbonyl (C=O) groups is 2. The van der Waals surface area contributed by atoms with Crippen molar-refractivity contribution in [3.63, 3.8) is 0 Å². The number of rotatable bonds is 6. The summed E-state index contributed by atoms with van der Waals surface area (Å²) in [6.45, 7) is 0.329. The van der Waals surface area contributed by atoms with Crippen molar-refractivity contribution in [3.05, 3.63) is 64.7 Å². The van der Waals surface area contributed by atoms with E-state index in [-0.39, 0.29) is 11.8 Å². The van der Waals surface area contributed by atoms with Gasteiger partial charge in [0.25, 0.3) is 11.8 Å². The van der Waals surface area contributed by atoms with Crippen molar-refractivity contribution in [2.45, 2.75) is 36.9 Å². The Morgan fingerprint density at radius 2 is 1.52 bits per heavy atom. The van der Waals surface area contributed by atoms with Crippen molar-refractivity contribution < 1.29 is 9.59 Å². The highest BCUT2D eigenvalue weighted by Crippen LogP contribution is 2.38. The van der Waals surface area contributed by atoms with Crippen molar-refractivity contribution in [2.75, 3.05) is 12.3 Å². The number of carbonyl (C=O) groups excluding carboxylic acids is 2. The molecular formula is C23H21ClN4O2S. The second kappa shape index (κ2) is 8.48. The van der Waals surface area contributed by atoms with Crippen molar-refractivity contribution >= 4 is 35.2 Å². The van der Waals surface area contributed by atoms with Crippen molar-refractivity contribution in [3.8, 4) is 11.4 Å². The second-order valence-corrected chi connectivity index (χ2v) is 9.22. The molecule has 2 heterocycles. The summed E-state index contributed by atoms with van der Waals surface area (Å²) in [5.74, 6) is 0.880. The zero-order valence-corrected chi connectivity index (χ0v) is 18.4. The van der Waals surface area contributed by atoms with Gasteiger partial charge in [0, 0.05) is 23.9 Å². The molecule has 0 radical (unpaired) electrons. The second-order valence-electron chi connectivity index (χ2n) is 7.75. The lowest BCUT2D eigenvalue weighted by atomic mass is 10.1. The molecular weight excluding hydrogens is 432 g/mol. The van der Waals surface area contributed by atoms with Gasteiger partial charge in [0.1, 0.15) is 0 Å². The molecule has 2 aromatic carbocycles. The number of hydrogen-bond acceptors (Lipinski definition) is 5. The van der Waals surface area contributed by atoms with E-state index in [1.807, 2.05) is 24.3 Å². The number of imide groups is 1. The lowest BCUT2D eigenvalue weighted by molar-refractivity contribution is 0.0664. The Bertz CT molecular complexity index is 1120. The molecule has 3 aromatic rings. The fourth-order valence-electron chi connectivity index (χ4n) is 4.36. The first-order valence-electron chi connectivity index (χ1n) is 10.4. The Balaban J connectivity index is 1.36. The monoisotopic (exact) mass is 452 g/mol. The standard InChI is InChI=1S/C23H21ClN4O2S/c24-19-12-6-5-11-18(19)20-25-26-23(28(20)15-7-1-2-8-15)31-14-13-27-21(29)16-9-3-4-10-17(16)22(27)30/h3-6,9-12,15H,1-2,7-8,13-14H2. The highest BCUT2D eigenvalue weighted by atomic mass is 35.5. The van der Waals surface area contributed by atoms with E-state index in [1.165, 1.54) is 29.5 Å². The van der Waals surface area contributed by atoms with Gasteiger partial charge in [0.15, 0.2) is 11.0 Å². The summed E-state index contributed by atoms with van der Waals surface area (Å²) in [4.78, 5) is 26.5. The molecule has 2 aliphatic rings. The molecule has 0 N–H and O–H groups in total. The first-order valence-corrected chi connectivity index (χ1v) is 11.8. The van der Waals surface area contributed by atoms with Gasteiger partial charge in [0.05, 0.1) is 16.1 Å². The lowest BCUT2D eigenvalue weighted by Crippen LogP contribution is -2.31. The van der Waals surface area contributed by atoms with Gasteiger partial charge in [-0.1, -0.05) is 60.5 Å². The van der Waals surface area contributed by atoms with Crippen LogP contribution in [0.2, 0.25) is 5.02 Å². The number of aromatic nitrogens is 3. The maximum Gasteiger partial charge on any atom is 0.261 e. The van der Waals surface area contributed by atoms with Gasteiger partial charge in [-0.05, 0) is 37.1 Å². The molecule has 31 heavy (non-hydrogen) atoms. The van der Waals surface area contributed by atoms with E-state index in [1.54, 1.807) is 24.3 Å². The summed E-state index contributed by atoms with van der Waals surface area (Å²) in [5.41, 5.74) is 1.83. The molecule has 0 unspecified atom stereocenters. The van der Waals surface area contributed by atoms with Gasteiger partial charge in [-0.15, -0.1) is 10.2 Å². The largest absolute Gasteiger partial charge is 0.299 e. The lowest BCUT2D eigenvalue weighted by Gasteiger charge is -2.18. The summed E-state index contributed by atoms with van der Waals surface area (Å²) in [7, 11) is 0. The maximum atomic E-state index is 12.6. The van der Waals surface area contributed by atoms with E-state index >= 15 is 0 Å². The van der Waals surface area contributed by atoms with Crippen LogP contribution in [-0.2, 0) is 0 Å². The smallest absolute Gasteiger partial charge is 0.261 e. The molecule has 6 nitrogen and oxygen atoms in total. The average molecular weight is 453 g/mol. The molecule has 0 atom stereocenters. The Hall–Kier alpha value is -2.64. The summed E-state index contributed by atoms with van der Waals surface area (Å²) in [6, 6.07) is 15.0. The molecule has 1 aromatic heterocycles. The van der Waals surface area contributed by atoms with Gasteiger partial charge in [-0.3, -0.25) is 19.1 Å². The van der Waals surface area contributed by atoms with Crippen LogP contribution in [-0.4, -0.2) is 43.8 Å². The molecule has 1 aliphatic heterocycles. The number of fused-ring (bicyclic) bond motifs is 1. The average Bonchev–Trinajstić information content (AvgIpc) is 3.50. The topological polar surface area (TPSA) is 68.1 Å². The minimum absolute atomic E-state index is 0.227. The molecule has 8 heteroatoms. The zero-order chi connectivity index (χ0) is 21.4. The van der Waals surface area contributed by atoms with E-state index in [0.717, 1.165) is 29.4 Å². The van der Waals surface area contributed by atoms with Crippen LogP contribution in [0.4, 0.5) is 0 Å². The fraction of sp³-hybridized carbons (Fsp3) is 0.304. The van der Waals surface area contributed by atoms with E-state index in [0.29, 0.717) is 34.5 Å². The van der Waals surface area contributed by atoms with Gasteiger partial charge in [0.2, 0.25) is 0 Å². The van der Waals surface area contributed by atoms with Crippen LogP contribution in [0.1, 0.15) is 52.4 Å². The number of benzene rings is 2. The minimum atomic E-state index is -0.227. The summed E-state index contributed by atoms with van der Waals surface area (Å²) in [6.07, 6.45) is 4.54.